The number of hydrogen-bond acceptors (Lipinski definition) is 6. The fourth-order valence-electron chi connectivity index (χ4n) is 2.86. The Morgan fingerprint density at radius 3 is 2.39 bits per heavy atom. The molecular formula is C20H22N2O5S. The van der Waals surface area contributed by atoms with Crippen LogP contribution in [0.15, 0.2) is 51.9 Å². The van der Waals surface area contributed by atoms with Crippen molar-refractivity contribution in [2.75, 3.05) is 18.9 Å². The van der Waals surface area contributed by atoms with E-state index in [1.165, 1.54) is 14.2 Å². The molecule has 0 amide bonds. The van der Waals surface area contributed by atoms with Crippen molar-refractivity contribution in [1.29, 1.82) is 0 Å². The molecule has 0 saturated heterocycles. The van der Waals surface area contributed by atoms with E-state index < -0.39 is 10.0 Å². The summed E-state index contributed by atoms with van der Waals surface area (Å²) < 4.78 is 44.5. The van der Waals surface area contributed by atoms with E-state index in [0.29, 0.717) is 40.5 Å². The number of sulfonamides is 1. The number of aryl methyl sites for hydroxylation is 2. The van der Waals surface area contributed by atoms with Crippen LogP contribution in [0.2, 0.25) is 0 Å². The van der Waals surface area contributed by atoms with Crippen LogP contribution < -0.4 is 14.2 Å². The van der Waals surface area contributed by atoms with E-state index >= 15 is 0 Å². The number of anilines is 1. The number of benzene rings is 2. The van der Waals surface area contributed by atoms with Crippen LogP contribution in [0.5, 0.6) is 11.5 Å². The first-order valence-electron chi connectivity index (χ1n) is 8.69. The monoisotopic (exact) mass is 402 g/mol. The maximum absolute atomic E-state index is 13.1. The Morgan fingerprint density at radius 2 is 1.79 bits per heavy atom. The summed E-state index contributed by atoms with van der Waals surface area (Å²) in [6.07, 6.45) is 0.567. The highest BCUT2D eigenvalue weighted by Gasteiger charge is 2.21. The minimum absolute atomic E-state index is 0.191. The highest BCUT2D eigenvalue weighted by atomic mass is 32.2. The van der Waals surface area contributed by atoms with E-state index in [-0.39, 0.29) is 4.90 Å². The van der Waals surface area contributed by atoms with Gasteiger partial charge in [-0.2, -0.15) is 0 Å². The molecule has 3 aromatic rings. The summed E-state index contributed by atoms with van der Waals surface area (Å²) in [5, 5.41) is 3.86. The highest BCUT2D eigenvalue weighted by molar-refractivity contribution is 7.92. The van der Waals surface area contributed by atoms with Crippen molar-refractivity contribution in [2.45, 2.75) is 25.2 Å². The van der Waals surface area contributed by atoms with Gasteiger partial charge in [-0.3, -0.25) is 4.72 Å². The van der Waals surface area contributed by atoms with E-state index in [1.807, 2.05) is 19.9 Å². The Hall–Kier alpha value is -3.00. The molecule has 0 saturated carbocycles. The van der Waals surface area contributed by atoms with Crippen molar-refractivity contribution >= 4 is 15.7 Å². The molecule has 0 fully saturated rings. The van der Waals surface area contributed by atoms with Crippen LogP contribution in [-0.2, 0) is 16.4 Å². The molecule has 0 spiro atoms. The summed E-state index contributed by atoms with van der Waals surface area (Å²) in [5.41, 5.74) is 2.45. The first kappa shape index (κ1) is 19.8. The molecule has 0 unspecified atom stereocenters. The van der Waals surface area contributed by atoms with Crippen LogP contribution in [0.4, 0.5) is 5.69 Å². The van der Waals surface area contributed by atoms with Gasteiger partial charge in [-0.05, 0) is 37.1 Å². The minimum Gasteiger partial charge on any atom is -0.493 e. The molecule has 0 radical (unpaired) electrons. The van der Waals surface area contributed by atoms with E-state index in [4.69, 9.17) is 14.0 Å². The molecule has 0 atom stereocenters. The molecule has 2 aromatic carbocycles. The molecule has 3 rings (SSSR count). The summed E-state index contributed by atoms with van der Waals surface area (Å²) in [7, 11) is -0.819. The van der Waals surface area contributed by atoms with Gasteiger partial charge in [0.1, 0.15) is 0 Å². The smallest absolute Gasteiger partial charge is 0.262 e. The molecule has 1 N–H and O–H groups in total. The molecule has 1 aromatic heterocycles. The average molecular weight is 402 g/mol. The third-order valence-electron chi connectivity index (χ3n) is 4.29. The zero-order chi connectivity index (χ0) is 20.3. The average Bonchev–Trinajstić information content (AvgIpc) is 3.13. The van der Waals surface area contributed by atoms with Crippen molar-refractivity contribution in [3.63, 3.8) is 0 Å². The topological polar surface area (TPSA) is 90.7 Å². The lowest BCUT2D eigenvalue weighted by molar-refractivity contribution is 0.355. The van der Waals surface area contributed by atoms with Gasteiger partial charge in [0.2, 0.25) is 0 Å². The Balaban J connectivity index is 2.01. The second-order valence-electron chi connectivity index (χ2n) is 6.18. The van der Waals surface area contributed by atoms with Gasteiger partial charge in [-0.25, -0.2) is 8.42 Å². The molecule has 8 heteroatoms. The number of methoxy groups -OCH3 is 2. The molecule has 0 aliphatic heterocycles. The number of nitrogens with one attached hydrogen (secondary N) is 1. The molecule has 0 aliphatic carbocycles. The molecule has 1 heterocycles. The summed E-state index contributed by atoms with van der Waals surface area (Å²) in [5.74, 6) is 1.47. The van der Waals surface area contributed by atoms with Crippen molar-refractivity contribution in [1.82, 2.24) is 5.16 Å². The SMILES string of the molecule is CCc1ccc(-c2cc(C)no2)cc1S(=O)(=O)Nc1ccc(OC)c(OC)c1. The Labute approximate surface area is 164 Å². The number of nitrogens with zero attached hydrogens (tertiary/aromatic N) is 1. The van der Waals surface area contributed by atoms with E-state index in [1.54, 1.807) is 36.4 Å². The van der Waals surface area contributed by atoms with E-state index in [0.717, 1.165) is 5.69 Å². The molecule has 7 nitrogen and oxygen atoms in total. The van der Waals surface area contributed by atoms with Crippen LogP contribution in [0, 0.1) is 6.92 Å². The first-order valence-corrected chi connectivity index (χ1v) is 10.2. The van der Waals surface area contributed by atoms with Gasteiger partial charge in [0.15, 0.2) is 17.3 Å². The Morgan fingerprint density at radius 1 is 1.04 bits per heavy atom. The minimum atomic E-state index is -3.83. The summed E-state index contributed by atoms with van der Waals surface area (Å²) in [6, 6.07) is 11.8. The van der Waals surface area contributed by atoms with Gasteiger partial charge >= 0.3 is 0 Å². The highest BCUT2D eigenvalue weighted by Crippen LogP contribution is 2.32. The molecular weight excluding hydrogens is 380 g/mol. The third kappa shape index (κ3) is 3.96. The predicted molar refractivity (Wildman–Crippen MR) is 106 cm³/mol. The molecule has 148 valence electrons. The Kier molecular flexibility index (Phi) is 5.60. The molecule has 0 bridgehead atoms. The second kappa shape index (κ2) is 7.93. The normalized spacial score (nSPS) is 11.3. The van der Waals surface area contributed by atoms with Crippen molar-refractivity contribution < 1.29 is 22.4 Å². The van der Waals surface area contributed by atoms with E-state index in [2.05, 4.69) is 9.88 Å². The fourth-order valence-corrected chi connectivity index (χ4v) is 4.25. The largest absolute Gasteiger partial charge is 0.493 e. The van der Waals surface area contributed by atoms with Gasteiger partial charge in [0, 0.05) is 17.7 Å². The quantitative estimate of drug-likeness (QED) is 0.642. The lowest BCUT2D eigenvalue weighted by Gasteiger charge is -2.14. The van der Waals surface area contributed by atoms with Gasteiger partial charge in [-0.1, -0.05) is 24.2 Å². The van der Waals surface area contributed by atoms with Crippen LogP contribution >= 0.6 is 0 Å². The number of rotatable bonds is 7. The number of aromatic nitrogens is 1. The van der Waals surface area contributed by atoms with E-state index in [9.17, 15) is 8.42 Å². The molecule has 0 aliphatic rings. The van der Waals surface area contributed by atoms with Gasteiger partial charge in [-0.15, -0.1) is 0 Å². The Bertz CT molecular complexity index is 1090. The number of ether oxygens (including phenoxy) is 2. The van der Waals surface area contributed by atoms with Crippen molar-refractivity contribution in [2.24, 2.45) is 0 Å². The van der Waals surface area contributed by atoms with Gasteiger partial charge < -0.3 is 14.0 Å². The maximum atomic E-state index is 13.1. The van der Waals surface area contributed by atoms with Crippen LogP contribution in [0.3, 0.4) is 0 Å². The van der Waals surface area contributed by atoms with Crippen LogP contribution in [-0.4, -0.2) is 27.8 Å². The summed E-state index contributed by atoms with van der Waals surface area (Å²) in [6.45, 7) is 3.71. The zero-order valence-electron chi connectivity index (χ0n) is 16.1. The van der Waals surface area contributed by atoms with Crippen molar-refractivity contribution in [3.05, 3.63) is 53.7 Å². The van der Waals surface area contributed by atoms with Crippen LogP contribution in [0.25, 0.3) is 11.3 Å². The van der Waals surface area contributed by atoms with Crippen LogP contribution in [0.1, 0.15) is 18.2 Å². The number of hydrogen-bond donors (Lipinski definition) is 1. The lowest BCUT2D eigenvalue weighted by atomic mass is 10.1. The first-order chi connectivity index (χ1) is 13.4. The van der Waals surface area contributed by atoms with Gasteiger partial charge in [0.05, 0.1) is 30.5 Å². The second-order valence-corrected chi connectivity index (χ2v) is 7.83. The zero-order valence-corrected chi connectivity index (χ0v) is 17.0. The van der Waals surface area contributed by atoms with Gasteiger partial charge in [0.25, 0.3) is 10.0 Å². The predicted octanol–water partition coefficient (Wildman–Crippen LogP) is 4.03. The summed E-state index contributed by atoms with van der Waals surface area (Å²) in [4.78, 5) is 0.191. The standard InChI is InChI=1S/C20H22N2O5S/c1-5-14-6-7-15(18-10-13(2)21-27-18)11-20(14)28(23,24)22-16-8-9-17(25-3)19(12-16)26-4/h6-12,22H,5H2,1-4H3. The molecule has 28 heavy (non-hydrogen) atoms. The maximum Gasteiger partial charge on any atom is 0.262 e. The summed E-state index contributed by atoms with van der Waals surface area (Å²) >= 11 is 0. The van der Waals surface area contributed by atoms with Crippen molar-refractivity contribution in [3.8, 4) is 22.8 Å². The third-order valence-corrected chi connectivity index (χ3v) is 5.75. The fraction of sp³-hybridized carbons (Fsp3) is 0.250. The lowest BCUT2D eigenvalue weighted by Crippen LogP contribution is -2.15.